The molecule has 2 rings (SSSR count). The number of nitrogens with zero attached hydrogens (tertiary/aromatic N) is 1. The van der Waals surface area contributed by atoms with Gasteiger partial charge in [-0.2, -0.15) is 4.31 Å². The Hall–Kier alpha value is -0.660. The maximum absolute atomic E-state index is 12.0. The molecule has 2 heterocycles. The van der Waals surface area contributed by atoms with Crippen molar-refractivity contribution in [2.45, 2.75) is 25.8 Å². The number of hydrogen-bond acceptors (Lipinski definition) is 4. The van der Waals surface area contributed by atoms with Gasteiger partial charge in [0.05, 0.1) is 19.5 Å². The van der Waals surface area contributed by atoms with Gasteiger partial charge in [-0.05, 0) is 12.8 Å². The van der Waals surface area contributed by atoms with Gasteiger partial charge in [-0.25, -0.2) is 8.42 Å². The fourth-order valence-electron chi connectivity index (χ4n) is 2.37. The highest BCUT2D eigenvalue weighted by Gasteiger charge is 2.38. The number of carbonyl (C=O) groups excluding carboxylic acids is 1. The highest BCUT2D eigenvalue weighted by atomic mass is 32.2. The van der Waals surface area contributed by atoms with Crippen molar-refractivity contribution < 1.29 is 17.9 Å². The van der Waals surface area contributed by atoms with Gasteiger partial charge in [0.2, 0.25) is 15.9 Å². The highest BCUT2D eigenvalue weighted by Crippen LogP contribution is 2.26. The van der Waals surface area contributed by atoms with Crippen molar-refractivity contribution in [3.63, 3.8) is 0 Å². The van der Waals surface area contributed by atoms with Crippen molar-refractivity contribution in [2.24, 2.45) is 5.41 Å². The molecule has 1 unspecified atom stereocenters. The fourth-order valence-corrected chi connectivity index (χ4v) is 3.49. The molecule has 104 valence electrons. The Morgan fingerprint density at radius 2 is 2.17 bits per heavy atom. The van der Waals surface area contributed by atoms with E-state index in [-0.39, 0.29) is 11.3 Å². The molecule has 0 aromatic rings. The largest absolute Gasteiger partial charge is 0.380 e. The van der Waals surface area contributed by atoms with Crippen LogP contribution in [0.5, 0.6) is 0 Å². The van der Waals surface area contributed by atoms with E-state index < -0.39 is 16.1 Å². The highest BCUT2D eigenvalue weighted by molar-refractivity contribution is 7.88. The Kier molecular flexibility index (Phi) is 3.66. The normalized spacial score (nSPS) is 27.8. The van der Waals surface area contributed by atoms with Gasteiger partial charge < -0.3 is 10.1 Å². The first kappa shape index (κ1) is 13.8. The van der Waals surface area contributed by atoms with E-state index in [0.29, 0.717) is 32.7 Å². The van der Waals surface area contributed by atoms with Crippen molar-refractivity contribution in [1.82, 2.24) is 9.62 Å². The minimum Gasteiger partial charge on any atom is -0.380 e. The SMILES string of the molecule is CC1(CNC(=O)C2CCCN2S(C)(=O)=O)COC1. The molecule has 2 saturated heterocycles. The molecule has 0 radical (unpaired) electrons. The van der Waals surface area contributed by atoms with E-state index in [9.17, 15) is 13.2 Å². The molecule has 1 atom stereocenters. The molecule has 2 aliphatic heterocycles. The Balaban J connectivity index is 1.92. The lowest BCUT2D eigenvalue weighted by molar-refractivity contribution is -0.129. The van der Waals surface area contributed by atoms with Gasteiger partial charge in [-0.15, -0.1) is 0 Å². The molecular weight excluding hydrogens is 256 g/mol. The summed E-state index contributed by atoms with van der Waals surface area (Å²) in [7, 11) is -3.29. The molecule has 0 aliphatic carbocycles. The van der Waals surface area contributed by atoms with Crippen LogP contribution < -0.4 is 5.32 Å². The summed E-state index contributed by atoms with van der Waals surface area (Å²) in [5.74, 6) is -0.189. The van der Waals surface area contributed by atoms with Crippen LogP contribution in [0.25, 0.3) is 0 Å². The second-order valence-electron chi connectivity index (χ2n) is 5.55. The Morgan fingerprint density at radius 3 is 2.67 bits per heavy atom. The van der Waals surface area contributed by atoms with E-state index in [1.54, 1.807) is 0 Å². The molecule has 0 aromatic carbocycles. The number of ether oxygens (including phenoxy) is 1. The summed E-state index contributed by atoms with van der Waals surface area (Å²) in [6.07, 6.45) is 2.50. The van der Waals surface area contributed by atoms with Crippen LogP contribution in [0.15, 0.2) is 0 Å². The second kappa shape index (κ2) is 4.79. The molecule has 0 bridgehead atoms. The minimum absolute atomic E-state index is 0.00415. The van der Waals surface area contributed by atoms with Crippen molar-refractivity contribution in [1.29, 1.82) is 0 Å². The van der Waals surface area contributed by atoms with Gasteiger partial charge in [0.25, 0.3) is 0 Å². The molecule has 1 N–H and O–H groups in total. The minimum atomic E-state index is -3.29. The van der Waals surface area contributed by atoms with Crippen LogP contribution in [-0.2, 0) is 19.6 Å². The van der Waals surface area contributed by atoms with Crippen LogP contribution in [0.1, 0.15) is 19.8 Å². The number of hydrogen-bond donors (Lipinski definition) is 1. The van der Waals surface area contributed by atoms with E-state index >= 15 is 0 Å². The lowest BCUT2D eigenvalue weighted by Crippen LogP contribution is -2.52. The maximum atomic E-state index is 12.0. The summed E-state index contributed by atoms with van der Waals surface area (Å²) in [5.41, 5.74) is 0.00415. The molecule has 2 aliphatic rings. The van der Waals surface area contributed by atoms with Gasteiger partial charge in [-0.1, -0.05) is 6.92 Å². The lowest BCUT2D eigenvalue weighted by Gasteiger charge is -2.38. The average Bonchev–Trinajstić information content (AvgIpc) is 2.71. The number of carbonyl (C=O) groups is 1. The maximum Gasteiger partial charge on any atom is 0.238 e. The number of sulfonamides is 1. The molecule has 0 aromatic heterocycles. The van der Waals surface area contributed by atoms with Crippen molar-refractivity contribution in [3.05, 3.63) is 0 Å². The number of rotatable bonds is 4. The van der Waals surface area contributed by atoms with Gasteiger partial charge in [-0.3, -0.25) is 4.79 Å². The molecule has 1 amide bonds. The second-order valence-corrected chi connectivity index (χ2v) is 7.49. The van der Waals surface area contributed by atoms with Crippen LogP contribution in [0.2, 0.25) is 0 Å². The Morgan fingerprint density at radius 1 is 1.50 bits per heavy atom. The third-order valence-corrected chi connectivity index (χ3v) is 4.81. The summed E-state index contributed by atoms with van der Waals surface area (Å²) in [4.78, 5) is 12.0. The first-order valence-corrected chi connectivity index (χ1v) is 7.99. The van der Waals surface area contributed by atoms with Crippen molar-refractivity contribution in [2.75, 3.05) is 32.6 Å². The molecule has 0 spiro atoms. The van der Waals surface area contributed by atoms with Gasteiger partial charge in [0.1, 0.15) is 6.04 Å². The molecule has 0 saturated carbocycles. The summed E-state index contributed by atoms with van der Waals surface area (Å²) in [5, 5.41) is 2.84. The zero-order valence-corrected chi connectivity index (χ0v) is 11.6. The average molecular weight is 276 g/mol. The zero-order valence-electron chi connectivity index (χ0n) is 10.8. The molecule has 6 nitrogen and oxygen atoms in total. The Labute approximate surface area is 108 Å². The number of nitrogens with one attached hydrogen (secondary N) is 1. The van der Waals surface area contributed by atoms with Crippen LogP contribution in [-0.4, -0.2) is 57.2 Å². The van der Waals surface area contributed by atoms with Gasteiger partial charge >= 0.3 is 0 Å². The summed E-state index contributed by atoms with van der Waals surface area (Å²) < 4.78 is 29.5. The third kappa shape index (κ3) is 2.84. The lowest BCUT2D eigenvalue weighted by atomic mass is 9.88. The first-order chi connectivity index (χ1) is 8.32. The molecular formula is C11H20N2O4S. The van der Waals surface area contributed by atoms with Crippen molar-refractivity contribution >= 4 is 15.9 Å². The van der Waals surface area contributed by atoms with Gasteiger partial charge in [0, 0.05) is 18.5 Å². The smallest absolute Gasteiger partial charge is 0.238 e. The van der Waals surface area contributed by atoms with Crippen molar-refractivity contribution in [3.8, 4) is 0 Å². The van der Waals surface area contributed by atoms with E-state index in [2.05, 4.69) is 5.32 Å². The van der Waals surface area contributed by atoms with Gasteiger partial charge in [0.15, 0.2) is 0 Å². The van der Waals surface area contributed by atoms with E-state index in [0.717, 1.165) is 12.7 Å². The van der Waals surface area contributed by atoms with E-state index in [4.69, 9.17) is 4.74 Å². The fraction of sp³-hybridized carbons (Fsp3) is 0.909. The standard InChI is InChI=1S/C11H20N2O4S/c1-11(7-17-8-11)6-12-10(14)9-4-3-5-13(9)18(2,15)16/h9H,3-8H2,1-2H3,(H,12,14). The summed E-state index contributed by atoms with van der Waals surface area (Å²) in [6.45, 7) is 4.32. The monoisotopic (exact) mass is 276 g/mol. The summed E-state index contributed by atoms with van der Waals surface area (Å²) >= 11 is 0. The van der Waals surface area contributed by atoms with Crippen LogP contribution in [0, 0.1) is 5.41 Å². The molecule has 18 heavy (non-hydrogen) atoms. The Bertz CT molecular complexity index is 430. The van der Waals surface area contributed by atoms with E-state index in [1.807, 2.05) is 6.92 Å². The molecule has 7 heteroatoms. The zero-order chi connectivity index (χ0) is 13.4. The topological polar surface area (TPSA) is 75.7 Å². The summed E-state index contributed by atoms with van der Waals surface area (Å²) in [6, 6.07) is -0.537. The number of amides is 1. The van der Waals surface area contributed by atoms with Crippen LogP contribution in [0.4, 0.5) is 0 Å². The third-order valence-electron chi connectivity index (χ3n) is 3.52. The van der Waals surface area contributed by atoms with Crippen LogP contribution >= 0.6 is 0 Å². The predicted molar refractivity (Wildman–Crippen MR) is 66.5 cm³/mol. The first-order valence-electron chi connectivity index (χ1n) is 6.14. The quantitative estimate of drug-likeness (QED) is 0.755. The molecule has 2 fully saturated rings. The van der Waals surface area contributed by atoms with E-state index in [1.165, 1.54) is 4.31 Å². The predicted octanol–water partition coefficient (Wildman–Crippen LogP) is -0.437. The van der Waals surface area contributed by atoms with Crippen LogP contribution in [0.3, 0.4) is 0 Å².